The van der Waals surface area contributed by atoms with Crippen molar-refractivity contribution in [1.82, 2.24) is 0 Å². The van der Waals surface area contributed by atoms with Crippen LogP contribution in [0.2, 0.25) is 0 Å². The highest BCUT2D eigenvalue weighted by molar-refractivity contribution is 7.87. The van der Waals surface area contributed by atoms with Gasteiger partial charge in [-0.15, -0.1) is 0 Å². The van der Waals surface area contributed by atoms with Crippen LogP contribution in [0.15, 0.2) is 0 Å². The molecule has 0 amide bonds. The molecule has 0 spiro atoms. The minimum Gasteiger partial charge on any atom is -0.226 e. The molecule has 0 aliphatic rings. The fourth-order valence-corrected chi connectivity index (χ4v) is 0.860. The Morgan fingerprint density at radius 3 is 1.73 bits per heavy atom. The summed E-state index contributed by atoms with van der Waals surface area (Å²) >= 11 is 0. The van der Waals surface area contributed by atoms with Gasteiger partial charge in [-0.2, -0.15) is 34.8 Å². The first-order valence-corrected chi connectivity index (χ1v) is 4.46. The first kappa shape index (κ1) is 14.4. The van der Waals surface area contributed by atoms with Gasteiger partial charge in [-0.3, -0.25) is 0 Å². The van der Waals surface area contributed by atoms with Gasteiger partial charge in [0.15, 0.2) is 0 Å². The standard InChI is InChI=1S/C4H3F7O3S/c5-2(1-3(6,7)8)14-15(12,13)4(9,10)11/h2H,1H2. The molecule has 0 saturated heterocycles. The maximum atomic E-state index is 12.1. The summed E-state index contributed by atoms with van der Waals surface area (Å²) in [5.41, 5.74) is -5.96. The summed E-state index contributed by atoms with van der Waals surface area (Å²) in [4.78, 5) is 0. The average Bonchev–Trinajstić information content (AvgIpc) is 1.75. The van der Waals surface area contributed by atoms with Crippen LogP contribution < -0.4 is 0 Å². The molecular formula is C4H3F7O3S. The monoisotopic (exact) mass is 264 g/mol. The van der Waals surface area contributed by atoms with Crippen LogP contribution in [-0.4, -0.2) is 26.5 Å². The van der Waals surface area contributed by atoms with Crippen LogP contribution in [0.1, 0.15) is 6.42 Å². The Kier molecular flexibility index (Phi) is 3.96. The van der Waals surface area contributed by atoms with Gasteiger partial charge in [0.25, 0.3) is 0 Å². The highest BCUT2D eigenvalue weighted by atomic mass is 32.2. The lowest BCUT2D eigenvalue weighted by atomic mass is 10.4. The van der Waals surface area contributed by atoms with Gasteiger partial charge in [-0.1, -0.05) is 0 Å². The Bertz CT molecular complexity index is 301. The molecule has 3 nitrogen and oxygen atoms in total. The van der Waals surface area contributed by atoms with Crippen molar-refractivity contribution < 1.29 is 43.3 Å². The second kappa shape index (κ2) is 4.12. The van der Waals surface area contributed by atoms with E-state index in [1.54, 1.807) is 0 Å². The molecule has 92 valence electrons. The highest BCUT2D eigenvalue weighted by Crippen LogP contribution is 2.29. The second-order valence-electron chi connectivity index (χ2n) is 2.23. The summed E-state index contributed by atoms with van der Waals surface area (Å²) in [7, 11) is -6.34. The van der Waals surface area contributed by atoms with E-state index in [9.17, 15) is 39.2 Å². The lowest BCUT2D eigenvalue weighted by Gasteiger charge is -2.13. The maximum Gasteiger partial charge on any atom is 0.523 e. The van der Waals surface area contributed by atoms with Gasteiger partial charge in [-0.25, -0.2) is 8.57 Å². The molecule has 0 heterocycles. The molecule has 1 unspecified atom stereocenters. The van der Waals surface area contributed by atoms with Gasteiger partial charge in [-0.05, 0) is 0 Å². The zero-order valence-corrected chi connectivity index (χ0v) is 7.38. The first-order valence-electron chi connectivity index (χ1n) is 3.05. The van der Waals surface area contributed by atoms with Crippen molar-refractivity contribution in [3.8, 4) is 0 Å². The smallest absolute Gasteiger partial charge is 0.226 e. The maximum absolute atomic E-state index is 12.1. The molecule has 0 saturated carbocycles. The topological polar surface area (TPSA) is 43.4 Å². The predicted octanol–water partition coefficient (Wildman–Crippen LogP) is 2.10. The van der Waals surface area contributed by atoms with Crippen LogP contribution in [-0.2, 0) is 14.3 Å². The van der Waals surface area contributed by atoms with E-state index < -0.39 is 34.6 Å². The van der Waals surface area contributed by atoms with Crippen molar-refractivity contribution in [2.75, 3.05) is 0 Å². The lowest BCUT2D eigenvalue weighted by molar-refractivity contribution is -0.168. The first-order chi connectivity index (χ1) is 6.35. The summed E-state index contributed by atoms with van der Waals surface area (Å²) in [6.45, 7) is 0. The Morgan fingerprint density at radius 2 is 1.47 bits per heavy atom. The van der Waals surface area contributed by atoms with Gasteiger partial charge in [0.05, 0.1) is 0 Å². The van der Waals surface area contributed by atoms with Crippen LogP contribution in [0.5, 0.6) is 0 Å². The van der Waals surface area contributed by atoms with E-state index >= 15 is 0 Å². The Labute approximate surface area is 78.9 Å². The van der Waals surface area contributed by atoms with Gasteiger partial charge in [0, 0.05) is 0 Å². The number of rotatable bonds is 3. The fourth-order valence-electron chi connectivity index (χ4n) is 0.408. The molecule has 1 atom stereocenters. The molecule has 0 aromatic carbocycles. The van der Waals surface area contributed by atoms with Crippen molar-refractivity contribution in [2.45, 2.75) is 24.5 Å². The molecule has 0 radical (unpaired) electrons. The van der Waals surface area contributed by atoms with Crippen molar-refractivity contribution in [1.29, 1.82) is 0 Å². The summed E-state index contributed by atoms with van der Waals surface area (Å²) in [6.07, 6.45) is -11.2. The average molecular weight is 264 g/mol. The second-order valence-corrected chi connectivity index (χ2v) is 3.79. The SMILES string of the molecule is O=S(=O)(OC(F)CC(F)(F)F)C(F)(F)F. The Hall–Kier alpha value is -0.580. The third kappa shape index (κ3) is 5.16. The highest BCUT2D eigenvalue weighted by Gasteiger charge is 2.50. The van der Waals surface area contributed by atoms with Crippen LogP contribution in [0, 0.1) is 0 Å². The number of halogens is 7. The van der Waals surface area contributed by atoms with E-state index in [2.05, 4.69) is 4.18 Å². The van der Waals surface area contributed by atoms with Crippen molar-refractivity contribution >= 4 is 10.1 Å². The normalized spacial score (nSPS) is 16.5. The third-order valence-electron chi connectivity index (χ3n) is 0.907. The third-order valence-corrected chi connectivity index (χ3v) is 1.94. The number of hydrogen-bond acceptors (Lipinski definition) is 3. The zero-order chi connectivity index (χ0) is 12.5. The van der Waals surface area contributed by atoms with E-state index in [1.165, 1.54) is 0 Å². The molecule has 0 aliphatic carbocycles. The number of alkyl halides is 7. The summed E-state index contributed by atoms with van der Waals surface area (Å²) in [6, 6.07) is 0. The fraction of sp³-hybridized carbons (Fsp3) is 1.00. The minimum atomic E-state index is -6.34. The molecule has 0 rings (SSSR count). The van der Waals surface area contributed by atoms with Gasteiger partial charge in [0.1, 0.15) is 6.42 Å². The molecule has 0 N–H and O–H groups in total. The molecular weight excluding hydrogens is 261 g/mol. The summed E-state index contributed by atoms with van der Waals surface area (Å²) in [5.74, 6) is 0. The van der Waals surface area contributed by atoms with E-state index in [-0.39, 0.29) is 0 Å². The molecule has 0 aromatic heterocycles. The summed E-state index contributed by atoms with van der Waals surface area (Å²) < 4.78 is 103. The van der Waals surface area contributed by atoms with E-state index in [0.717, 1.165) is 0 Å². The molecule has 15 heavy (non-hydrogen) atoms. The van der Waals surface area contributed by atoms with Gasteiger partial charge < -0.3 is 0 Å². The number of hydrogen-bond donors (Lipinski definition) is 0. The molecule has 0 aliphatic heterocycles. The van der Waals surface area contributed by atoms with Crippen LogP contribution in [0.25, 0.3) is 0 Å². The molecule has 11 heteroatoms. The van der Waals surface area contributed by atoms with Crippen molar-refractivity contribution in [2.24, 2.45) is 0 Å². The lowest BCUT2D eigenvalue weighted by Crippen LogP contribution is -2.30. The Morgan fingerprint density at radius 1 is 1.07 bits per heavy atom. The van der Waals surface area contributed by atoms with Gasteiger partial charge >= 0.3 is 21.8 Å². The van der Waals surface area contributed by atoms with E-state index in [0.29, 0.717) is 0 Å². The molecule has 0 fully saturated rings. The minimum absolute atomic E-state index is 2.44. The Balaban J connectivity index is 4.51. The quantitative estimate of drug-likeness (QED) is 0.445. The van der Waals surface area contributed by atoms with Crippen LogP contribution in [0.3, 0.4) is 0 Å². The zero-order valence-electron chi connectivity index (χ0n) is 6.56. The van der Waals surface area contributed by atoms with E-state index in [1.807, 2.05) is 0 Å². The van der Waals surface area contributed by atoms with Gasteiger partial charge in [0.2, 0.25) is 6.36 Å². The van der Waals surface area contributed by atoms with Crippen LogP contribution >= 0.6 is 0 Å². The van der Waals surface area contributed by atoms with Crippen molar-refractivity contribution in [3.05, 3.63) is 0 Å². The summed E-state index contributed by atoms with van der Waals surface area (Å²) in [5, 5.41) is 0. The van der Waals surface area contributed by atoms with Crippen molar-refractivity contribution in [3.63, 3.8) is 0 Å². The molecule has 0 aromatic rings. The largest absolute Gasteiger partial charge is 0.523 e. The molecule has 0 bridgehead atoms. The predicted molar refractivity (Wildman–Crippen MR) is 31.6 cm³/mol. The van der Waals surface area contributed by atoms with Crippen LogP contribution in [0.4, 0.5) is 30.7 Å². The van der Waals surface area contributed by atoms with E-state index in [4.69, 9.17) is 0 Å².